The lowest BCUT2D eigenvalue weighted by Gasteiger charge is -2.33. The first kappa shape index (κ1) is 14.4. The molecule has 0 aliphatic carbocycles. The van der Waals surface area contributed by atoms with Crippen molar-refractivity contribution in [3.63, 3.8) is 0 Å². The number of rotatable bonds is 3. The van der Waals surface area contributed by atoms with Crippen LogP contribution in [0.2, 0.25) is 0 Å². The van der Waals surface area contributed by atoms with Crippen molar-refractivity contribution >= 4 is 27.8 Å². The summed E-state index contributed by atoms with van der Waals surface area (Å²) in [6.07, 6.45) is -0.662. The van der Waals surface area contributed by atoms with Gasteiger partial charge >= 0.3 is 5.97 Å². The van der Waals surface area contributed by atoms with Crippen molar-refractivity contribution in [2.45, 2.75) is 24.8 Å². The molecule has 1 aliphatic rings. The maximum Gasteiger partial charge on any atom is 0.336 e. The molecule has 0 radical (unpaired) electrons. The van der Waals surface area contributed by atoms with Gasteiger partial charge in [0.1, 0.15) is 0 Å². The average Bonchev–Trinajstić information content (AvgIpc) is 2.36. The van der Waals surface area contributed by atoms with E-state index in [9.17, 15) is 9.59 Å². The molecule has 2 unspecified atom stereocenters. The second kappa shape index (κ2) is 6.35. The van der Waals surface area contributed by atoms with E-state index in [4.69, 9.17) is 4.74 Å². The molecule has 1 aliphatic heterocycles. The lowest BCUT2D eigenvalue weighted by molar-refractivity contribution is -0.162. The minimum Gasteiger partial charge on any atom is -0.467 e. The molecule has 0 aromatic rings. The van der Waals surface area contributed by atoms with E-state index in [1.165, 1.54) is 7.11 Å². The van der Waals surface area contributed by atoms with Crippen LogP contribution in [0.15, 0.2) is 0 Å². The Morgan fingerprint density at radius 1 is 1.47 bits per heavy atom. The van der Waals surface area contributed by atoms with E-state index in [2.05, 4.69) is 20.7 Å². The fourth-order valence-corrected chi connectivity index (χ4v) is 1.87. The first-order chi connectivity index (χ1) is 7.97. The second-order valence-electron chi connectivity index (χ2n) is 4.31. The van der Waals surface area contributed by atoms with Crippen LogP contribution in [0.4, 0.5) is 0 Å². The molecule has 1 fully saturated rings. The number of halogens is 1. The molecule has 0 saturated carbocycles. The van der Waals surface area contributed by atoms with Crippen LogP contribution in [-0.4, -0.2) is 54.5 Å². The van der Waals surface area contributed by atoms with E-state index in [-0.39, 0.29) is 23.2 Å². The maximum atomic E-state index is 12.1. The molecule has 6 heteroatoms. The summed E-state index contributed by atoms with van der Waals surface area (Å²) in [4.78, 5) is 24.8. The number of ether oxygens (including phenoxy) is 2. The molecule has 98 valence electrons. The van der Waals surface area contributed by atoms with Crippen molar-refractivity contribution in [2.24, 2.45) is 5.92 Å². The SMILES string of the molecule is COC(=O)C1CN(C(=O)C(Br)C(C)C)CCO1. The van der Waals surface area contributed by atoms with Crippen molar-refractivity contribution in [3.8, 4) is 0 Å². The van der Waals surface area contributed by atoms with Gasteiger partial charge < -0.3 is 14.4 Å². The molecule has 0 aromatic carbocycles. The lowest BCUT2D eigenvalue weighted by atomic mass is 10.1. The van der Waals surface area contributed by atoms with Gasteiger partial charge in [-0.1, -0.05) is 29.8 Å². The van der Waals surface area contributed by atoms with Crippen LogP contribution in [0.25, 0.3) is 0 Å². The number of nitrogens with zero attached hydrogens (tertiary/aromatic N) is 1. The lowest BCUT2D eigenvalue weighted by Crippen LogP contribution is -2.51. The summed E-state index contributed by atoms with van der Waals surface area (Å²) in [5, 5.41) is 0. The van der Waals surface area contributed by atoms with Gasteiger partial charge in [0.25, 0.3) is 0 Å². The highest BCUT2D eigenvalue weighted by atomic mass is 79.9. The third-order valence-electron chi connectivity index (χ3n) is 2.66. The summed E-state index contributed by atoms with van der Waals surface area (Å²) in [7, 11) is 1.31. The van der Waals surface area contributed by atoms with Crippen LogP contribution in [-0.2, 0) is 19.1 Å². The molecule has 5 nitrogen and oxygen atoms in total. The number of alkyl halides is 1. The number of morpholine rings is 1. The summed E-state index contributed by atoms with van der Waals surface area (Å²) in [5.41, 5.74) is 0. The van der Waals surface area contributed by atoms with Gasteiger partial charge in [0.05, 0.1) is 25.1 Å². The zero-order valence-corrected chi connectivity index (χ0v) is 11.9. The van der Waals surface area contributed by atoms with Gasteiger partial charge in [0.15, 0.2) is 6.10 Å². The fourth-order valence-electron chi connectivity index (χ4n) is 1.58. The Bertz CT molecular complexity index is 295. The van der Waals surface area contributed by atoms with Gasteiger partial charge in [0.2, 0.25) is 5.91 Å². The monoisotopic (exact) mass is 307 g/mol. The number of carbonyl (C=O) groups excluding carboxylic acids is 2. The molecule has 1 amide bonds. The molecule has 1 saturated heterocycles. The smallest absolute Gasteiger partial charge is 0.336 e. The third-order valence-corrected chi connectivity index (χ3v) is 4.11. The van der Waals surface area contributed by atoms with Gasteiger partial charge in [0, 0.05) is 6.54 Å². The molecule has 1 heterocycles. The molecule has 0 N–H and O–H groups in total. The highest BCUT2D eigenvalue weighted by molar-refractivity contribution is 9.10. The zero-order valence-electron chi connectivity index (χ0n) is 10.3. The summed E-state index contributed by atoms with van der Waals surface area (Å²) in [5.74, 6) is -0.225. The average molecular weight is 308 g/mol. The predicted octanol–water partition coefficient (Wildman–Crippen LogP) is 0.806. The van der Waals surface area contributed by atoms with Gasteiger partial charge in [-0.25, -0.2) is 4.79 Å². The van der Waals surface area contributed by atoms with Crippen LogP contribution >= 0.6 is 15.9 Å². The molecule has 17 heavy (non-hydrogen) atoms. The van der Waals surface area contributed by atoms with Crippen LogP contribution in [0.1, 0.15) is 13.8 Å². The predicted molar refractivity (Wildman–Crippen MR) is 65.9 cm³/mol. The molecular formula is C11H18BrNO4. The summed E-state index contributed by atoms with van der Waals surface area (Å²) < 4.78 is 9.88. The van der Waals surface area contributed by atoms with E-state index in [0.29, 0.717) is 13.2 Å². The molecule has 0 aromatic heterocycles. The first-order valence-corrected chi connectivity index (χ1v) is 6.51. The first-order valence-electron chi connectivity index (χ1n) is 5.59. The standard InChI is InChI=1S/C11H18BrNO4/c1-7(2)9(12)10(14)13-4-5-17-8(6-13)11(15)16-3/h7-9H,4-6H2,1-3H3. The van der Waals surface area contributed by atoms with Crippen LogP contribution < -0.4 is 0 Å². The second-order valence-corrected chi connectivity index (χ2v) is 5.30. The topological polar surface area (TPSA) is 55.8 Å². The van der Waals surface area contributed by atoms with E-state index >= 15 is 0 Å². The number of hydrogen-bond donors (Lipinski definition) is 0. The Kier molecular flexibility index (Phi) is 5.39. The van der Waals surface area contributed by atoms with Gasteiger partial charge in [-0.2, -0.15) is 0 Å². The molecule has 1 rings (SSSR count). The summed E-state index contributed by atoms with van der Waals surface area (Å²) in [6.45, 7) is 5.08. The Labute approximate surface area is 110 Å². The maximum absolute atomic E-state index is 12.1. The number of amides is 1. The Morgan fingerprint density at radius 2 is 2.12 bits per heavy atom. The fraction of sp³-hybridized carbons (Fsp3) is 0.818. The summed E-state index contributed by atoms with van der Waals surface area (Å²) in [6, 6.07) is 0. The van der Waals surface area contributed by atoms with Crippen molar-refractivity contribution < 1.29 is 19.1 Å². The molecule has 0 spiro atoms. The number of methoxy groups -OCH3 is 1. The number of carbonyl (C=O) groups is 2. The van der Waals surface area contributed by atoms with Crippen LogP contribution in [0.3, 0.4) is 0 Å². The van der Waals surface area contributed by atoms with Gasteiger partial charge in [-0.3, -0.25) is 4.79 Å². The van der Waals surface area contributed by atoms with Crippen molar-refractivity contribution in [2.75, 3.05) is 26.8 Å². The van der Waals surface area contributed by atoms with E-state index < -0.39 is 12.1 Å². The highest BCUT2D eigenvalue weighted by Gasteiger charge is 2.32. The Hall–Kier alpha value is -0.620. The van der Waals surface area contributed by atoms with E-state index in [1.807, 2.05) is 13.8 Å². The Balaban J connectivity index is 2.60. The van der Waals surface area contributed by atoms with E-state index in [1.54, 1.807) is 4.90 Å². The van der Waals surface area contributed by atoms with Gasteiger partial charge in [-0.05, 0) is 5.92 Å². The van der Waals surface area contributed by atoms with Crippen LogP contribution in [0, 0.1) is 5.92 Å². The molecule has 2 atom stereocenters. The van der Waals surface area contributed by atoms with Crippen LogP contribution in [0.5, 0.6) is 0 Å². The van der Waals surface area contributed by atoms with Gasteiger partial charge in [-0.15, -0.1) is 0 Å². The van der Waals surface area contributed by atoms with E-state index in [0.717, 1.165) is 0 Å². The minimum absolute atomic E-state index is 0.00259. The minimum atomic E-state index is -0.662. The molecular weight excluding hydrogens is 290 g/mol. The summed E-state index contributed by atoms with van der Waals surface area (Å²) >= 11 is 3.37. The molecule has 0 bridgehead atoms. The zero-order chi connectivity index (χ0) is 13.0. The quantitative estimate of drug-likeness (QED) is 0.572. The third kappa shape index (κ3) is 3.67. The number of hydrogen-bond acceptors (Lipinski definition) is 4. The highest BCUT2D eigenvalue weighted by Crippen LogP contribution is 2.17. The van der Waals surface area contributed by atoms with Crippen molar-refractivity contribution in [1.29, 1.82) is 0 Å². The largest absolute Gasteiger partial charge is 0.467 e. The van der Waals surface area contributed by atoms with Crippen molar-refractivity contribution in [3.05, 3.63) is 0 Å². The normalized spacial score (nSPS) is 22.4. The van der Waals surface area contributed by atoms with Crippen molar-refractivity contribution in [1.82, 2.24) is 4.90 Å². The Morgan fingerprint density at radius 3 is 2.65 bits per heavy atom. The number of esters is 1.